The van der Waals surface area contributed by atoms with Gasteiger partial charge in [-0.3, -0.25) is 0 Å². The van der Waals surface area contributed by atoms with Crippen LogP contribution in [0.2, 0.25) is 5.02 Å². The fraction of sp³-hybridized carbons (Fsp3) is 0.417. The number of benzene rings is 1. The van der Waals surface area contributed by atoms with Gasteiger partial charge in [0.15, 0.2) is 0 Å². The number of hydrogen-bond donors (Lipinski definition) is 1. The quantitative estimate of drug-likeness (QED) is 0.897. The van der Waals surface area contributed by atoms with Crippen molar-refractivity contribution in [2.45, 2.75) is 0 Å². The van der Waals surface area contributed by atoms with E-state index in [1.54, 1.807) is 30.1 Å². The van der Waals surface area contributed by atoms with E-state index in [9.17, 15) is 4.79 Å². The summed E-state index contributed by atoms with van der Waals surface area (Å²) in [5.74, 6) is 0. The first kappa shape index (κ1) is 13.8. The summed E-state index contributed by atoms with van der Waals surface area (Å²) in [5.41, 5.74) is 0.708. The second-order valence-electron chi connectivity index (χ2n) is 4.17. The van der Waals surface area contributed by atoms with Crippen molar-refractivity contribution in [2.75, 3.05) is 39.5 Å². The fourth-order valence-electron chi connectivity index (χ4n) is 1.24. The Morgan fingerprint density at radius 3 is 2.59 bits per heavy atom. The van der Waals surface area contributed by atoms with Gasteiger partial charge in [0.1, 0.15) is 0 Å². The largest absolute Gasteiger partial charge is 0.326 e. The van der Waals surface area contributed by atoms with Gasteiger partial charge < -0.3 is 15.1 Å². The van der Waals surface area contributed by atoms with E-state index in [0.717, 1.165) is 6.54 Å². The van der Waals surface area contributed by atoms with Crippen molar-refractivity contribution >= 4 is 23.3 Å². The minimum Gasteiger partial charge on any atom is -0.326 e. The van der Waals surface area contributed by atoms with Crippen LogP contribution in [0, 0.1) is 0 Å². The van der Waals surface area contributed by atoms with E-state index < -0.39 is 0 Å². The lowest BCUT2D eigenvalue weighted by Gasteiger charge is -2.20. The lowest BCUT2D eigenvalue weighted by atomic mass is 10.3. The monoisotopic (exact) mass is 255 g/mol. The Bertz CT molecular complexity index is 382. The van der Waals surface area contributed by atoms with E-state index in [4.69, 9.17) is 11.6 Å². The van der Waals surface area contributed by atoms with Crippen LogP contribution in [0.25, 0.3) is 0 Å². The first-order chi connectivity index (χ1) is 7.99. The van der Waals surface area contributed by atoms with Gasteiger partial charge >= 0.3 is 6.03 Å². The number of amides is 2. The third-order valence-electron chi connectivity index (χ3n) is 2.31. The van der Waals surface area contributed by atoms with E-state index >= 15 is 0 Å². The summed E-state index contributed by atoms with van der Waals surface area (Å²) < 4.78 is 0. The van der Waals surface area contributed by atoms with Gasteiger partial charge in [-0.2, -0.15) is 0 Å². The molecule has 17 heavy (non-hydrogen) atoms. The minimum absolute atomic E-state index is 0.130. The molecular weight excluding hydrogens is 238 g/mol. The third-order valence-corrected chi connectivity index (χ3v) is 2.54. The maximum Gasteiger partial charge on any atom is 0.321 e. The molecule has 0 spiro atoms. The van der Waals surface area contributed by atoms with E-state index in [2.05, 4.69) is 5.32 Å². The van der Waals surface area contributed by atoms with Gasteiger partial charge in [0, 0.05) is 30.8 Å². The Hall–Kier alpha value is -1.26. The SMILES string of the molecule is CN(C)CCN(C)C(=O)Nc1cccc(Cl)c1. The average Bonchev–Trinajstić information content (AvgIpc) is 2.25. The maximum atomic E-state index is 11.8. The van der Waals surface area contributed by atoms with E-state index in [-0.39, 0.29) is 6.03 Å². The van der Waals surface area contributed by atoms with Crippen LogP contribution in [0.1, 0.15) is 0 Å². The van der Waals surface area contributed by atoms with Crippen LogP contribution in [0.3, 0.4) is 0 Å². The molecule has 0 aliphatic heterocycles. The summed E-state index contributed by atoms with van der Waals surface area (Å²) in [6.07, 6.45) is 0. The molecule has 0 fully saturated rings. The first-order valence-corrected chi connectivity index (χ1v) is 5.79. The molecule has 0 saturated carbocycles. The van der Waals surface area contributed by atoms with Crippen molar-refractivity contribution in [3.05, 3.63) is 29.3 Å². The van der Waals surface area contributed by atoms with Gasteiger partial charge in [0.2, 0.25) is 0 Å². The van der Waals surface area contributed by atoms with Crippen molar-refractivity contribution in [1.82, 2.24) is 9.80 Å². The van der Waals surface area contributed by atoms with Crippen molar-refractivity contribution in [3.63, 3.8) is 0 Å². The zero-order valence-electron chi connectivity index (χ0n) is 10.4. The predicted molar refractivity (Wildman–Crippen MR) is 71.7 cm³/mol. The Labute approximate surface area is 107 Å². The molecule has 4 nitrogen and oxygen atoms in total. The molecule has 0 aromatic heterocycles. The molecule has 2 amide bonds. The van der Waals surface area contributed by atoms with Gasteiger partial charge in [-0.15, -0.1) is 0 Å². The molecule has 0 aliphatic rings. The van der Waals surface area contributed by atoms with Crippen molar-refractivity contribution < 1.29 is 4.79 Å². The van der Waals surface area contributed by atoms with Gasteiger partial charge in [-0.1, -0.05) is 17.7 Å². The number of nitrogens with one attached hydrogen (secondary N) is 1. The molecule has 94 valence electrons. The van der Waals surface area contributed by atoms with Crippen LogP contribution in [0.4, 0.5) is 10.5 Å². The molecule has 1 aromatic rings. The number of halogens is 1. The van der Waals surface area contributed by atoms with Gasteiger partial charge in [-0.25, -0.2) is 4.79 Å². The minimum atomic E-state index is -0.130. The Kier molecular flexibility index (Phi) is 5.25. The number of rotatable bonds is 4. The molecule has 1 rings (SSSR count). The number of nitrogens with zero attached hydrogens (tertiary/aromatic N) is 2. The summed E-state index contributed by atoms with van der Waals surface area (Å²) in [4.78, 5) is 15.5. The Morgan fingerprint density at radius 1 is 1.29 bits per heavy atom. The smallest absolute Gasteiger partial charge is 0.321 e. The standard InChI is InChI=1S/C12H18ClN3O/c1-15(2)7-8-16(3)12(17)14-11-6-4-5-10(13)9-11/h4-6,9H,7-8H2,1-3H3,(H,14,17). The molecule has 5 heteroatoms. The molecule has 1 N–H and O–H groups in total. The summed E-state index contributed by atoms with van der Waals surface area (Å²) >= 11 is 5.84. The van der Waals surface area contributed by atoms with E-state index in [0.29, 0.717) is 17.3 Å². The lowest BCUT2D eigenvalue weighted by Crippen LogP contribution is -2.36. The fourth-order valence-corrected chi connectivity index (χ4v) is 1.43. The molecule has 0 heterocycles. The van der Waals surface area contributed by atoms with Gasteiger partial charge in [0.05, 0.1) is 0 Å². The summed E-state index contributed by atoms with van der Waals surface area (Å²) in [5, 5.41) is 3.40. The number of hydrogen-bond acceptors (Lipinski definition) is 2. The summed E-state index contributed by atoms with van der Waals surface area (Å²) in [6.45, 7) is 1.51. The zero-order valence-corrected chi connectivity index (χ0v) is 11.2. The van der Waals surface area contributed by atoms with Crippen LogP contribution >= 0.6 is 11.6 Å². The van der Waals surface area contributed by atoms with Crippen LogP contribution < -0.4 is 5.32 Å². The second-order valence-corrected chi connectivity index (χ2v) is 4.60. The number of carbonyl (C=O) groups is 1. The highest BCUT2D eigenvalue weighted by Gasteiger charge is 2.08. The predicted octanol–water partition coefficient (Wildman–Crippen LogP) is 2.37. The highest BCUT2D eigenvalue weighted by Crippen LogP contribution is 2.15. The second kappa shape index (κ2) is 6.47. The van der Waals surface area contributed by atoms with Crippen LogP contribution in [-0.2, 0) is 0 Å². The average molecular weight is 256 g/mol. The maximum absolute atomic E-state index is 11.8. The Balaban J connectivity index is 2.48. The van der Waals surface area contributed by atoms with Crippen molar-refractivity contribution in [3.8, 4) is 0 Å². The molecule has 0 radical (unpaired) electrons. The molecule has 0 saturated heterocycles. The van der Waals surface area contributed by atoms with Crippen LogP contribution in [-0.4, -0.2) is 50.1 Å². The summed E-state index contributed by atoms with van der Waals surface area (Å²) in [6, 6.07) is 6.97. The number of likely N-dealkylation sites (N-methyl/N-ethyl adjacent to an activating group) is 2. The van der Waals surface area contributed by atoms with E-state index in [1.165, 1.54) is 0 Å². The van der Waals surface area contributed by atoms with Crippen LogP contribution in [0.15, 0.2) is 24.3 Å². The number of anilines is 1. The highest BCUT2D eigenvalue weighted by molar-refractivity contribution is 6.30. The molecule has 0 atom stereocenters. The topological polar surface area (TPSA) is 35.6 Å². The third kappa shape index (κ3) is 5.06. The molecule has 1 aromatic carbocycles. The van der Waals surface area contributed by atoms with Crippen molar-refractivity contribution in [2.24, 2.45) is 0 Å². The highest BCUT2D eigenvalue weighted by atomic mass is 35.5. The molecule has 0 unspecified atom stereocenters. The Morgan fingerprint density at radius 2 is 2.00 bits per heavy atom. The molecular formula is C12H18ClN3O. The first-order valence-electron chi connectivity index (χ1n) is 5.41. The summed E-state index contributed by atoms with van der Waals surface area (Å²) in [7, 11) is 5.72. The zero-order chi connectivity index (χ0) is 12.8. The van der Waals surface area contributed by atoms with Gasteiger partial charge in [-0.05, 0) is 32.3 Å². The number of carbonyl (C=O) groups excluding carboxylic acids is 1. The molecule has 0 bridgehead atoms. The normalized spacial score (nSPS) is 10.4. The number of urea groups is 1. The van der Waals surface area contributed by atoms with E-state index in [1.807, 2.05) is 25.1 Å². The van der Waals surface area contributed by atoms with Gasteiger partial charge in [0.25, 0.3) is 0 Å². The van der Waals surface area contributed by atoms with Crippen LogP contribution in [0.5, 0.6) is 0 Å². The van der Waals surface area contributed by atoms with Crippen molar-refractivity contribution in [1.29, 1.82) is 0 Å². The lowest BCUT2D eigenvalue weighted by molar-refractivity contribution is 0.217. The molecule has 0 aliphatic carbocycles.